The van der Waals surface area contributed by atoms with Crippen LogP contribution in [0.1, 0.15) is 58.2 Å². The van der Waals surface area contributed by atoms with E-state index >= 15 is 0 Å². The number of amides is 3. The van der Waals surface area contributed by atoms with E-state index in [1.54, 1.807) is 71.0 Å². The fourth-order valence-corrected chi connectivity index (χ4v) is 4.08. The molecule has 8 nitrogen and oxygen atoms in total. The van der Waals surface area contributed by atoms with Crippen LogP contribution in [0.25, 0.3) is 0 Å². The lowest BCUT2D eigenvalue weighted by Crippen LogP contribution is -2.53. The van der Waals surface area contributed by atoms with Crippen molar-refractivity contribution in [3.05, 3.63) is 64.7 Å². The smallest absolute Gasteiger partial charge is 0.408 e. The second kappa shape index (κ2) is 14.4. The third kappa shape index (κ3) is 11.9. The molecule has 0 aliphatic carbocycles. The Bertz CT molecular complexity index is 1180. The van der Waals surface area contributed by atoms with Crippen molar-refractivity contribution in [1.29, 1.82) is 0 Å². The van der Waals surface area contributed by atoms with E-state index in [1.807, 2.05) is 0 Å². The maximum Gasteiger partial charge on any atom is 0.408 e. The molecule has 0 heterocycles. The topological polar surface area (TPSA) is 106 Å². The minimum atomic E-state index is -4.51. The average molecular weight is 600 g/mol. The van der Waals surface area contributed by atoms with Crippen LogP contribution >= 0.6 is 11.6 Å². The van der Waals surface area contributed by atoms with Crippen molar-refractivity contribution >= 4 is 29.5 Å². The molecular weight excluding hydrogens is 563 g/mol. The molecule has 2 aromatic rings. The molecule has 0 radical (unpaired) electrons. The summed E-state index contributed by atoms with van der Waals surface area (Å²) in [5.41, 5.74) is 0.0611. The fraction of sp³-hybridized carbons (Fsp3) is 0.483. The van der Waals surface area contributed by atoms with Crippen molar-refractivity contribution in [2.45, 2.75) is 77.4 Å². The van der Waals surface area contributed by atoms with E-state index < -0.39 is 60.1 Å². The third-order valence-corrected chi connectivity index (χ3v) is 6.15. The number of carbonyl (C=O) groups excluding carboxylic acids is 3. The molecule has 2 unspecified atom stereocenters. The molecule has 0 aliphatic rings. The normalized spacial score (nSPS) is 14.0. The van der Waals surface area contributed by atoms with Gasteiger partial charge in [0.05, 0.1) is 13.5 Å². The molecule has 12 heteroatoms. The van der Waals surface area contributed by atoms with E-state index in [0.717, 1.165) is 0 Å². The zero-order valence-corrected chi connectivity index (χ0v) is 24.7. The molecule has 0 saturated heterocycles. The number of methoxy groups -OCH3 is 1. The Balaban J connectivity index is 2.41. The molecule has 0 bridgehead atoms. The molecule has 3 amide bonds. The van der Waals surface area contributed by atoms with Gasteiger partial charge in [-0.1, -0.05) is 49.7 Å². The number of nitrogens with one attached hydrogen (secondary N) is 3. The van der Waals surface area contributed by atoms with Crippen LogP contribution in [-0.2, 0) is 20.7 Å². The van der Waals surface area contributed by atoms with Crippen LogP contribution in [-0.4, -0.2) is 48.9 Å². The van der Waals surface area contributed by atoms with E-state index in [-0.39, 0.29) is 6.42 Å². The molecule has 0 fully saturated rings. The molecule has 0 aromatic heterocycles. The predicted octanol–water partition coefficient (Wildman–Crippen LogP) is 5.74. The van der Waals surface area contributed by atoms with Gasteiger partial charge in [0.15, 0.2) is 0 Å². The molecule has 0 spiro atoms. The highest BCUT2D eigenvalue weighted by molar-refractivity contribution is 6.30. The fourth-order valence-electron chi connectivity index (χ4n) is 3.87. The summed E-state index contributed by atoms with van der Waals surface area (Å²) < 4.78 is 50.1. The van der Waals surface area contributed by atoms with E-state index in [1.165, 1.54) is 19.2 Å². The molecule has 0 saturated carbocycles. The lowest BCUT2D eigenvalue weighted by molar-refractivity contribution is -0.146. The van der Waals surface area contributed by atoms with Gasteiger partial charge in [0.1, 0.15) is 23.4 Å². The third-order valence-electron chi connectivity index (χ3n) is 5.92. The standard InChI is InChI=1S/C29H37ClF3N3O5/c1-17(2)23(16-29(31,32)33)34-26(38)24(19-10-12-21(40-6)13-11-19)36-25(37)22(35-27(39)41-28(3,4)5)15-18-8-7-9-20(30)14-18/h7-14,17,22-24H,15-16H2,1-6H3,(H,34,38)(H,35,39)(H,36,37)/t22?,23-,24?/m1/s1. The number of hydrogen-bond donors (Lipinski definition) is 3. The quantitative estimate of drug-likeness (QED) is 0.306. The molecule has 0 aliphatic heterocycles. The molecule has 3 N–H and O–H groups in total. The number of carbonyl (C=O) groups is 3. The van der Waals surface area contributed by atoms with Gasteiger partial charge in [0, 0.05) is 17.5 Å². The van der Waals surface area contributed by atoms with E-state index in [4.69, 9.17) is 21.1 Å². The van der Waals surface area contributed by atoms with Gasteiger partial charge in [-0.25, -0.2) is 4.79 Å². The molecular formula is C29H37ClF3N3O5. The molecule has 2 rings (SSSR count). The lowest BCUT2D eigenvalue weighted by atomic mass is 9.98. The number of hydrogen-bond acceptors (Lipinski definition) is 5. The van der Waals surface area contributed by atoms with Crippen LogP contribution in [0, 0.1) is 5.92 Å². The minimum absolute atomic E-state index is 0.00865. The molecule has 226 valence electrons. The Morgan fingerprint density at radius 2 is 1.56 bits per heavy atom. The maximum atomic E-state index is 13.6. The van der Waals surface area contributed by atoms with Gasteiger partial charge in [-0.05, 0) is 62.1 Å². The average Bonchev–Trinajstić information content (AvgIpc) is 2.84. The van der Waals surface area contributed by atoms with Crippen LogP contribution in [0.3, 0.4) is 0 Å². The number of halogens is 4. The Hall–Kier alpha value is -3.47. The number of alkyl halides is 3. The van der Waals surface area contributed by atoms with Gasteiger partial charge in [-0.15, -0.1) is 0 Å². The highest BCUT2D eigenvalue weighted by atomic mass is 35.5. The summed E-state index contributed by atoms with van der Waals surface area (Å²) in [6, 6.07) is 8.98. The Kier molecular flexibility index (Phi) is 11.9. The lowest BCUT2D eigenvalue weighted by Gasteiger charge is -2.28. The first-order valence-electron chi connectivity index (χ1n) is 13.0. The first kappa shape index (κ1) is 33.7. The Morgan fingerprint density at radius 1 is 0.927 bits per heavy atom. The Labute approximate surface area is 243 Å². The number of rotatable bonds is 11. The first-order chi connectivity index (χ1) is 19.0. The summed E-state index contributed by atoms with van der Waals surface area (Å²) >= 11 is 6.10. The van der Waals surface area contributed by atoms with Crippen LogP contribution in [0.2, 0.25) is 5.02 Å². The number of ether oxygens (including phenoxy) is 2. The van der Waals surface area contributed by atoms with E-state index in [0.29, 0.717) is 21.9 Å². The van der Waals surface area contributed by atoms with Crippen molar-refractivity contribution in [3.63, 3.8) is 0 Å². The second-order valence-electron chi connectivity index (χ2n) is 10.9. The molecule has 41 heavy (non-hydrogen) atoms. The van der Waals surface area contributed by atoms with E-state index in [9.17, 15) is 27.6 Å². The zero-order valence-electron chi connectivity index (χ0n) is 23.9. The SMILES string of the molecule is COc1ccc(C(NC(=O)C(Cc2cccc(Cl)c2)NC(=O)OC(C)(C)C)C(=O)N[C@H](CC(F)(F)F)C(C)C)cc1. The highest BCUT2D eigenvalue weighted by Gasteiger charge is 2.36. The van der Waals surface area contributed by atoms with Crippen molar-refractivity contribution < 1.29 is 37.0 Å². The van der Waals surface area contributed by atoms with Crippen LogP contribution in [0.4, 0.5) is 18.0 Å². The molecule has 3 atom stereocenters. The van der Waals surface area contributed by atoms with Crippen molar-refractivity contribution in [2.75, 3.05) is 7.11 Å². The van der Waals surface area contributed by atoms with E-state index in [2.05, 4.69) is 16.0 Å². The van der Waals surface area contributed by atoms with Crippen molar-refractivity contribution in [2.24, 2.45) is 5.92 Å². The summed E-state index contributed by atoms with van der Waals surface area (Å²) in [6.45, 7) is 8.10. The summed E-state index contributed by atoms with van der Waals surface area (Å²) in [6.07, 6.45) is -6.63. The summed E-state index contributed by atoms with van der Waals surface area (Å²) in [5, 5.41) is 7.99. The summed E-state index contributed by atoms with van der Waals surface area (Å²) in [4.78, 5) is 39.6. The summed E-state index contributed by atoms with van der Waals surface area (Å²) in [7, 11) is 1.45. The monoisotopic (exact) mass is 599 g/mol. The predicted molar refractivity (Wildman–Crippen MR) is 150 cm³/mol. The van der Waals surface area contributed by atoms with Crippen LogP contribution in [0.15, 0.2) is 48.5 Å². The minimum Gasteiger partial charge on any atom is -0.497 e. The van der Waals surface area contributed by atoms with Crippen LogP contribution in [0.5, 0.6) is 5.75 Å². The maximum absolute atomic E-state index is 13.6. The van der Waals surface area contributed by atoms with Gasteiger partial charge in [0.25, 0.3) is 0 Å². The van der Waals surface area contributed by atoms with Crippen molar-refractivity contribution in [1.82, 2.24) is 16.0 Å². The number of benzene rings is 2. The summed E-state index contributed by atoms with van der Waals surface area (Å²) in [5.74, 6) is -1.67. The van der Waals surface area contributed by atoms with Gasteiger partial charge < -0.3 is 25.4 Å². The van der Waals surface area contributed by atoms with Gasteiger partial charge in [-0.2, -0.15) is 13.2 Å². The first-order valence-corrected chi connectivity index (χ1v) is 13.4. The number of alkyl carbamates (subject to hydrolysis) is 1. The molecule has 2 aromatic carbocycles. The van der Waals surface area contributed by atoms with Gasteiger partial charge in [0.2, 0.25) is 11.8 Å². The highest BCUT2D eigenvalue weighted by Crippen LogP contribution is 2.26. The largest absolute Gasteiger partial charge is 0.497 e. The second-order valence-corrected chi connectivity index (χ2v) is 11.4. The Morgan fingerprint density at radius 3 is 2.07 bits per heavy atom. The van der Waals surface area contributed by atoms with Gasteiger partial charge >= 0.3 is 12.3 Å². The van der Waals surface area contributed by atoms with Crippen molar-refractivity contribution in [3.8, 4) is 5.75 Å². The van der Waals surface area contributed by atoms with Gasteiger partial charge in [-0.3, -0.25) is 9.59 Å². The van der Waals surface area contributed by atoms with Crippen LogP contribution < -0.4 is 20.7 Å². The zero-order chi connectivity index (χ0) is 31.0.